The van der Waals surface area contributed by atoms with Crippen molar-refractivity contribution >= 4 is 23.8 Å². The third-order valence-corrected chi connectivity index (χ3v) is 9.67. The van der Waals surface area contributed by atoms with Gasteiger partial charge in [0, 0.05) is 38.4 Å². The number of halogens is 1. The minimum absolute atomic E-state index is 0.00340. The molecule has 7 rings (SSSR count). The Morgan fingerprint density at radius 3 is 2.59 bits per heavy atom. The second-order valence-electron chi connectivity index (χ2n) is 12.7. The van der Waals surface area contributed by atoms with Gasteiger partial charge in [0.2, 0.25) is 11.8 Å². The molecule has 2 aliphatic carbocycles. The van der Waals surface area contributed by atoms with E-state index in [0.717, 1.165) is 57.5 Å². The maximum atomic E-state index is 13.9. The predicted octanol–water partition coefficient (Wildman–Crippen LogP) is 3.22. The van der Waals surface area contributed by atoms with E-state index in [1.165, 1.54) is 11.0 Å². The largest absolute Gasteiger partial charge is 0.347 e. The summed E-state index contributed by atoms with van der Waals surface area (Å²) >= 11 is 0. The Balaban J connectivity index is 1.10. The lowest BCUT2D eigenvalue weighted by Gasteiger charge is -2.31. The normalized spacial score (nSPS) is 22.6. The molecule has 3 heterocycles. The summed E-state index contributed by atoms with van der Waals surface area (Å²) in [5, 5.41) is 7.25. The maximum Gasteiger partial charge on any atom is 0.325 e. The van der Waals surface area contributed by atoms with Gasteiger partial charge in [-0.05, 0) is 84.4 Å². The Hall–Kier alpha value is -4.54. The van der Waals surface area contributed by atoms with E-state index >= 15 is 0 Å². The van der Waals surface area contributed by atoms with Crippen LogP contribution < -0.4 is 5.32 Å². The van der Waals surface area contributed by atoms with Crippen molar-refractivity contribution in [3.63, 3.8) is 0 Å². The molecule has 2 fully saturated rings. The number of aryl methyl sites for hydroxylation is 2. The molecular weight excluding hydrogens is 563 g/mol. The highest BCUT2D eigenvalue weighted by molar-refractivity contribution is 6.10. The van der Waals surface area contributed by atoms with E-state index in [-0.39, 0.29) is 36.8 Å². The first-order valence-corrected chi connectivity index (χ1v) is 15.2. The van der Waals surface area contributed by atoms with Gasteiger partial charge in [0.05, 0.1) is 6.20 Å². The van der Waals surface area contributed by atoms with Gasteiger partial charge in [0.25, 0.3) is 5.91 Å². The zero-order valence-corrected chi connectivity index (χ0v) is 24.9. The van der Waals surface area contributed by atoms with Gasteiger partial charge in [0.1, 0.15) is 24.4 Å². The molecule has 1 spiro atoms. The first-order chi connectivity index (χ1) is 21.1. The number of hydrogen-bond donors (Lipinski definition) is 1. The summed E-state index contributed by atoms with van der Waals surface area (Å²) in [6.07, 6.45) is 8.03. The zero-order chi connectivity index (χ0) is 30.7. The molecule has 228 valence electrons. The first kappa shape index (κ1) is 28.2. The van der Waals surface area contributed by atoms with E-state index < -0.39 is 17.5 Å². The van der Waals surface area contributed by atoms with Crippen molar-refractivity contribution in [2.75, 3.05) is 20.6 Å². The number of likely N-dealkylation sites (N-methyl/N-ethyl adjacent to an activating group) is 1. The van der Waals surface area contributed by atoms with Gasteiger partial charge in [0.15, 0.2) is 0 Å². The van der Waals surface area contributed by atoms with E-state index in [0.29, 0.717) is 31.7 Å². The Bertz CT molecular complexity index is 1700. The number of benzene rings is 2. The molecule has 44 heavy (non-hydrogen) atoms. The highest BCUT2D eigenvalue weighted by Crippen LogP contribution is 2.43. The van der Waals surface area contributed by atoms with Crippen LogP contribution in [0.15, 0.2) is 48.8 Å². The Kier molecular flexibility index (Phi) is 6.78. The van der Waals surface area contributed by atoms with E-state index in [2.05, 4.69) is 10.4 Å². The number of amides is 5. The van der Waals surface area contributed by atoms with Gasteiger partial charge >= 0.3 is 6.03 Å². The molecular formula is C33H35FN6O4. The van der Waals surface area contributed by atoms with Gasteiger partial charge in [-0.2, -0.15) is 5.10 Å². The highest BCUT2D eigenvalue weighted by Gasteiger charge is 2.56. The molecule has 0 bridgehead atoms. The summed E-state index contributed by atoms with van der Waals surface area (Å²) in [7, 11) is 3.40. The molecule has 1 unspecified atom stereocenters. The van der Waals surface area contributed by atoms with Gasteiger partial charge in [-0.15, -0.1) is 0 Å². The summed E-state index contributed by atoms with van der Waals surface area (Å²) < 4.78 is 15.5. The summed E-state index contributed by atoms with van der Waals surface area (Å²) in [5.74, 6) is -0.625. The molecule has 11 heteroatoms. The van der Waals surface area contributed by atoms with Crippen LogP contribution in [0.25, 0.3) is 11.1 Å². The van der Waals surface area contributed by atoms with Crippen molar-refractivity contribution in [1.82, 2.24) is 29.8 Å². The van der Waals surface area contributed by atoms with Crippen LogP contribution in [0.1, 0.15) is 47.9 Å². The summed E-state index contributed by atoms with van der Waals surface area (Å²) in [6.45, 7) is 0.153. The van der Waals surface area contributed by atoms with Crippen LogP contribution in [-0.4, -0.2) is 74.9 Å². The zero-order valence-electron chi connectivity index (χ0n) is 24.9. The molecule has 2 aliphatic heterocycles. The average molecular weight is 599 g/mol. The van der Waals surface area contributed by atoms with Gasteiger partial charge < -0.3 is 15.1 Å². The molecule has 4 aliphatic rings. The molecule has 1 aromatic heterocycles. The summed E-state index contributed by atoms with van der Waals surface area (Å²) in [6, 6.07) is 9.92. The van der Waals surface area contributed by atoms with Crippen LogP contribution in [0.5, 0.6) is 0 Å². The van der Waals surface area contributed by atoms with Crippen LogP contribution in [0.4, 0.5) is 9.18 Å². The van der Waals surface area contributed by atoms with Crippen molar-refractivity contribution in [2.24, 2.45) is 5.92 Å². The Morgan fingerprint density at radius 1 is 1.00 bits per heavy atom. The lowest BCUT2D eigenvalue weighted by atomic mass is 9.90. The van der Waals surface area contributed by atoms with Crippen molar-refractivity contribution in [2.45, 2.75) is 63.2 Å². The molecule has 0 radical (unpaired) electrons. The van der Waals surface area contributed by atoms with Crippen LogP contribution in [0, 0.1) is 11.7 Å². The van der Waals surface area contributed by atoms with Crippen molar-refractivity contribution in [3.05, 3.63) is 76.9 Å². The highest BCUT2D eigenvalue weighted by atomic mass is 19.1. The minimum atomic E-state index is -1.20. The lowest BCUT2D eigenvalue weighted by molar-refractivity contribution is -0.141. The number of urea groups is 1. The van der Waals surface area contributed by atoms with Gasteiger partial charge in [-0.3, -0.25) is 24.0 Å². The molecule has 5 amide bonds. The maximum absolute atomic E-state index is 13.9. The molecule has 1 N–H and O–H groups in total. The third-order valence-electron chi connectivity index (χ3n) is 9.67. The van der Waals surface area contributed by atoms with Gasteiger partial charge in [-0.1, -0.05) is 24.3 Å². The number of hydrogen-bond acceptors (Lipinski definition) is 5. The number of aromatic nitrogens is 2. The monoisotopic (exact) mass is 598 g/mol. The first-order valence-electron chi connectivity index (χ1n) is 15.2. The number of nitrogens with one attached hydrogen (secondary N) is 1. The number of carbonyl (C=O) groups is 4. The summed E-state index contributed by atoms with van der Waals surface area (Å²) in [4.78, 5) is 57.5. The van der Waals surface area contributed by atoms with Crippen molar-refractivity contribution < 1.29 is 23.6 Å². The molecule has 2 aromatic carbocycles. The van der Waals surface area contributed by atoms with Crippen LogP contribution in [0.2, 0.25) is 0 Å². The summed E-state index contributed by atoms with van der Waals surface area (Å²) in [5.41, 5.74) is 4.06. The number of imide groups is 1. The predicted molar refractivity (Wildman–Crippen MR) is 158 cm³/mol. The molecule has 1 saturated carbocycles. The fraction of sp³-hybridized carbons (Fsp3) is 0.424. The number of carbonyl (C=O) groups excluding carboxylic acids is 4. The Labute approximate surface area is 254 Å². The van der Waals surface area contributed by atoms with E-state index in [1.807, 2.05) is 29.3 Å². The SMILES string of the molecule is CN(C)C(=O)Cn1cc(-c2ccc3c(c2)CCC32NC(=O)N(CC(=O)N3Cc4ccc(F)cc4CC[C@H]3C3CC3)C2=O)cn1. The second-order valence-corrected chi connectivity index (χ2v) is 12.7. The standard InChI is InChI=1S/C33H35FN6O4/c1-37(2)29(41)18-38-16-25(15-35-38)21-6-9-27-23(13-21)11-12-33(27)31(43)40(32(44)36-33)19-30(42)39-17-24-5-8-26(34)14-22(24)7-10-28(39)20-3-4-20/h5-6,8-9,13-16,20,28H,3-4,7,10-12,17-19H2,1-2H3,(H,36,44)/t28-,33?/m0/s1. The number of rotatable bonds is 6. The fourth-order valence-electron chi connectivity index (χ4n) is 7.07. The topological polar surface area (TPSA) is 108 Å². The van der Waals surface area contributed by atoms with E-state index in [9.17, 15) is 23.6 Å². The number of nitrogens with zero attached hydrogens (tertiary/aromatic N) is 5. The van der Waals surface area contributed by atoms with Crippen molar-refractivity contribution in [3.8, 4) is 11.1 Å². The molecule has 10 nitrogen and oxygen atoms in total. The lowest BCUT2D eigenvalue weighted by Crippen LogP contribution is -2.48. The molecule has 1 saturated heterocycles. The molecule has 3 aromatic rings. The van der Waals surface area contributed by atoms with Crippen LogP contribution in [0.3, 0.4) is 0 Å². The second kappa shape index (κ2) is 10.6. The van der Waals surface area contributed by atoms with E-state index in [4.69, 9.17) is 0 Å². The van der Waals surface area contributed by atoms with Gasteiger partial charge in [-0.25, -0.2) is 9.18 Å². The van der Waals surface area contributed by atoms with E-state index in [1.54, 1.807) is 37.1 Å². The molecule has 2 atom stereocenters. The number of fused-ring (bicyclic) bond motifs is 3. The minimum Gasteiger partial charge on any atom is -0.347 e. The average Bonchev–Trinajstić information content (AvgIpc) is 3.61. The fourth-order valence-corrected chi connectivity index (χ4v) is 7.07. The Morgan fingerprint density at radius 2 is 1.82 bits per heavy atom. The van der Waals surface area contributed by atoms with Crippen molar-refractivity contribution in [1.29, 1.82) is 0 Å². The smallest absolute Gasteiger partial charge is 0.325 e. The van der Waals surface area contributed by atoms with Crippen LogP contribution in [-0.2, 0) is 45.9 Å². The quantitative estimate of drug-likeness (QED) is 0.439. The third kappa shape index (κ3) is 4.84. The van der Waals surface area contributed by atoms with Crippen LogP contribution >= 0.6 is 0 Å².